The second-order valence-corrected chi connectivity index (χ2v) is 5.06. The number of hydrogen-bond acceptors (Lipinski definition) is 3. The fourth-order valence-corrected chi connectivity index (χ4v) is 2.77. The lowest BCUT2D eigenvalue weighted by molar-refractivity contribution is -0.0220. The number of benzene rings is 1. The van der Waals surface area contributed by atoms with Crippen molar-refractivity contribution in [1.82, 2.24) is 0 Å². The van der Waals surface area contributed by atoms with Crippen molar-refractivity contribution in [1.29, 1.82) is 5.26 Å². The second kappa shape index (κ2) is 7.28. The molecule has 0 heterocycles. The van der Waals surface area contributed by atoms with Gasteiger partial charge in [-0.15, -0.1) is 0 Å². The molecule has 102 valence electrons. The van der Waals surface area contributed by atoms with Crippen LogP contribution < -0.4 is 0 Å². The van der Waals surface area contributed by atoms with Gasteiger partial charge in [0.2, 0.25) is 0 Å². The molecule has 0 bridgehead atoms. The standard InChI is InChI=1S/C16H21NO2/c1-18-9-10-19-16-11-14(7-8-15(16)12-17)13-5-3-2-4-6-13/h2-6,14-16H,7-11H2,1H3. The van der Waals surface area contributed by atoms with E-state index in [0.717, 1.165) is 19.3 Å². The van der Waals surface area contributed by atoms with Crippen molar-refractivity contribution < 1.29 is 9.47 Å². The van der Waals surface area contributed by atoms with Gasteiger partial charge < -0.3 is 9.47 Å². The van der Waals surface area contributed by atoms with Crippen LogP contribution in [0.1, 0.15) is 30.7 Å². The number of nitrogens with zero attached hydrogens (tertiary/aromatic N) is 1. The first kappa shape index (κ1) is 14.0. The molecule has 0 N–H and O–H groups in total. The largest absolute Gasteiger partial charge is 0.382 e. The average Bonchev–Trinajstić information content (AvgIpc) is 2.48. The lowest BCUT2D eigenvalue weighted by Crippen LogP contribution is -2.31. The fraction of sp³-hybridized carbons (Fsp3) is 0.562. The zero-order chi connectivity index (χ0) is 13.5. The highest BCUT2D eigenvalue weighted by Gasteiger charge is 2.31. The van der Waals surface area contributed by atoms with Crippen LogP contribution in [0.25, 0.3) is 0 Å². The van der Waals surface area contributed by atoms with E-state index in [1.165, 1.54) is 5.56 Å². The van der Waals surface area contributed by atoms with Gasteiger partial charge >= 0.3 is 0 Å². The molecule has 1 aromatic carbocycles. The van der Waals surface area contributed by atoms with E-state index in [0.29, 0.717) is 19.1 Å². The summed E-state index contributed by atoms with van der Waals surface area (Å²) in [4.78, 5) is 0. The Labute approximate surface area is 115 Å². The summed E-state index contributed by atoms with van der Waals surface area (Å²) in [6.07, 6.45) is 2.98. The van der Waals surface area contributed by atoms with E-state index in [-0.39, 0.29) is 12.0 Å². The maximum atomic E-state index is 9.21. The summed E-state index contributed by atoms with van der Waals surface area (Å²) in [5.41, 5.74) is 1.36. The van der Waals surface area contributed by atoms with Gasteiger partial charge in [-0.3, -0.25) is 0 Å². The quantitative estimate of drug-likeness (QED) is 0.763. The minimum Gasteiger partial charge on any atom is -0.382 e. The van der Waals surface area contributed by atoms with Crippen molar-refractivity contribution >= 4 is 0 Å². The first-order chi connectivity index (χ1) is 9.35. The molecule has 0 radical (unpaired) electrons. The Kier molecular flexibility index (Phi) is 5.38. The van der Waals surface area contributed by atoms with Crippen LogP contribution in [-0.2, 0) is 9.47 Å². The van der Waals surface area contributed by atoms with Crippen LogP contribution >= 0.6 is 0 Å². The molecule has 0 saturated heterocycles. The summed E-state index contributed by atoms with van der Waals surface area (Å²) in [6.45, 7) is 1.16. The van der Waals surface area contributed by atoms with Gasteiger partial charge in [0, 0.05) is 7.11 Å². The van der Waals surface area contributed by atoms with Crippen molar-refractivity contribution in [2.75, 3.05) is 20.3 Å². The molecule has 0 spiro atoms. The third kappa shape index (κ3) is 3.79. The van der Waals surface area contributed by atoms with E-state index in [9.17, 15) is 5.26 Å². The monoisotopic (exact) mass is 259 g/mol. The summed E-state index contributed by atoms with van der Waals surface area (Å²) < 4.78 is 10.8. The van der Waals surface area contributed by atoms with E-state index in [1.807, 2.05) is 6.07 Å². The predicted octanol–water partition coefficient (Wildman–Crippen LogP) is 3.13. The smallest absolute Gasteiger partial charge is 0.0740 e. The highest BCUT2D eigenvalue weighted by Crippen LogP contribution is 2.37. The highest BCUT2D eigenvalue weighted by molar-refractivity contribution is 5.20. The van der Waals surface area contributed by atoms with Crippen LogP contribution in [0.4, 0.5) is 0 Å². The summed E-state index contributed by atoms with van der Waals surface area (Å²) >= 11 is 0. The molecule has 1 aliphatic rings. The molecular formula is C16H21NO2. The summed E-state index contributed by atoms with van der Waals surface area (Å²) in [5, 5.41) is 9.21. The van der Waals surface area contributed by atoms with Gasteiger partial charge in [0.1, 0.15) is 0 Å². The molecule has 0 aromatic heterocycles. The Morgan fingerprint density at radius 1 is 1.21 bits per heavy atom. The molecule has 3 heteroatoms. The van der Waals surface area contributed by atoms with E-state index >= 15 is 0 Å². The van der Waals surface area contributed by atoms with Crippen LogP contribution in [0.3, 0.4) is 0 Å². The molecule has 1 aliphatic carbocycles. The second-order valence-electron chi connectivity index (χ2n) is 5.06. The maximum absolute atomic E-state index is 9.21. The van der Waals surface area contributed by atoms with Crippen LogP contribution in [0, 0.1) is 17.2 Å². The maximum Gasteiger partial charge on any atom is 0.0740 e. The van der Waals surface area contributed by atoms with Crippen LogP contribution in [0.15, 0.2) is 30.3 Å². The minimum absolute atomic E-state index is 0.0248. The third-order valence-electron chi connectivity index (χ3n) is 3.85. The number of methoxy groups -OCH3 is 1. The average molecular weight is 259 g/mol. The third-order valence-corrected chi connectivity index (χ3v) is 3.85. The molecule has 0 aliphatic heterocycles. The Morgan fingerprint density at radius 2 is 2.00 bits per heavy atom. The van der Waals surface area contributed by atoms with E-state index in [2.05, 4.69) is 30.3 Å². The number of nitriles is 1. The van der Waals surface area contributed by atoms with E-state index < -0.39 is 0 Å². The molecule has 1 saturated carbocycles. The van der Waals surface area contributed by atoms with Gasteiger partial charge in [-0.05, 0) is 30.7 Å². The number of hydrogen-bond donors (Lipinski definition) is 0. The molecule has 2 rings (SSSR count). The number of rotatable bonds is 5. The van der Waals surface area contributed by atoms with Crippen molar-refractivity contribution in [3.8, 4) is 6.07 Å². The molecule has 1 fully saturated rings. The van der Waals surface area contributed by atoms with Crippen LogP contribution in [0.5, 0.6) is 0 Å². The summed E-state index contributed by atoms with van der Waals surface area (Å²) in [6, 6.07) is 12.9. The molecule has 1 aromatic rings. The van der Waals surface area contributed by atoms with Gasteiger partial charge in [0.05, 0.1) is 31.3 Å². The first-order valence-electron chi connectivity index (χ1n) is 6.90. The molecule has 3 atom stereocenters. The predicted molar refractivity (Wildman–Crippen MR) is 73.8 cm³/mol. The van der Waals surface area contributed by atoms with Crippen molar-refractivity contribution in [3.05, 3.63) is 35.9 Å². The van der Waals surface area contributed by atoms with Gasteiger partial charge in [0.15, 0.2) is 0 Å². The van der Waals surface area contributed by atoms with Crippen molar-refractivity contribution in [2.45, 2.75) is 31.3 Å². The normalized spacial score (nSPS) is 26.8. The van der Waals surface area contributed by atoms with Gasteiger partial charge in [-0.25, -0.2) is 0 Å². The highest BCUT2D eigenvalue weighted by atomic mass is 16.5. The Bertz CT molecular complexity index is 413. The zero-order valence-electron chi connectivity index (χ0n) is 11.4. The molecular weight excluding hydrogens is 238 g/mol. The Morgan fingerprint density at radius 3 is 2.68 bits per heavy atom. The summed E-state index contributed by atoms with van der Waals surface area (Å²) in [7, 11) is 1.67. The zero-order valence-corrected chi connectivity index (χ0v) is 11.4. The SMILES string of the molecule is COCCOC1CC(c2ccccc2)CCC1C#N. The topological polar surface area (TPSA) is 42.2 Å². The lowest BCUT2D eigenvalue weighted by atomic mass is 9.77. The molecule has 19 heavy (non-hydrogen) atoms. The molecule has 3 nitrogen and oxygen atoms in total. The van der Waals surface area contributed by atoms with Crippen molar-refractivity contribution in [3.63, 3.8) is 0 Å². The van der Waals surface area contributed by atoms with E-state index in [4.69, 9.17) is 9.47 Å². The number of ether oxygens (including phenoxy) is 2. The minimum atomic E-state index is 0.0248. The molecule has 3 unspecified atom stereocenters. The fourth-order valence-electron chi connectivity index (χ4n) is 2.77. The van der Waals surface area contributed by atoms with E-state index in [1.54, 1.807) is 7.11 Å². The Balaban J connectivity index is 1.97. The van der Waals surface area contributed by atoms with Crippen molar-refractivity contribution in [2.24, 2.45) is 5.92 Å². The van der Waals surface area contributed by atoms with Crippen LogP contribution in [-0.4, -0.2) is 26.4 Å². The van der Waals surface area contributed by atoms with Crippen LogP contribution in [0.2, 0.25) is 0 Å². The lowest BCUT2D eigenvalue weighted by Gasteiger charge is -2.33. The van der Waals surface area contributed by atoms with Gasteiger partial charge in [-0.1, -0.05) is 30.3 Å². The van der Waals surface area contributed by atoms with Gasteiger partial charge in [-0.2, -0.15) is 5.26 Å². The molecule has 0 amide bonds. The first-order valence-corrected chi connectivity index (χ1v) is 6.90. The summed E-state index contributed by atoms with van der Waals surface area (Å²) in [5.74, 6) is 0.537. The van der Waals surface area contributed by atoms with Gasteiger partial charge in [0.25, 0.3) is 0 Å². The Hall–Kier alpha value is -1.37.